The first-order chi connectivity index (χ1) is 15.6. The van der Waals surface area contributed by atoms with Crippen molar-refractivity contribution >= 4 is 39.1 Å². The smallest absolute Gasteiger partial charge is 0.329 e. The molecule has 1 saturated heterocycles. The van der Waals surface area contributed by atoms with Gasteiger partial charge in [0.1, 0.15) is 4.70 Å². The summed E-state index contributed by atoms with van der Waals surface area (Å²) in [7, 11) is 1.35. The maximum Gasteiger partial charge on any atom is 0.329 e. The van der Waals surface area contributed by atoms with E-state index < -0.39 is 23.1 Å². The van der Waals surface area contributed by atoms with Gasteiger partial charge < -0.3 is 15.0 Å². The average molecular weight is 496 g/mol. The lowest BCUT2D eigenvalue weighted by molar-refractivity contribution is -0.121. The number of ether oxygens (including phenoxy) is 1. The largest absolute Gasteiger partial charge is 0.494 e. The third kappa shape index (κ3) is 4.99. The lowest BCUT2D eigenvalue weighted by atomic mass is 9.86. The number of fused-ring (bicyclic) bond motifs is 1. The van der Waals surface area contributed by atoms with E-state index in [-0.39, 0.29) is 28.5 Å². The number of hydrogen-bond acceptors (Lipinski definition) is 5. The van der Waals surface area contributed by atoms with E-state index in [0.717, 1.165) is 22.0 Å². The van der Waals surface area contributed by atoms with Crippen LogP contribution in [0.25, 0.3) is 20.7 Å². The first-order valence-electron chi connectivity index (χ1n) is 10.7. The van der Waals surface area contributed by atoms with Crippen LogP contribution in [0.4, 0.5) is 4.39 Å². The minimum atomic E-state index is -0.595. The number of nitrogens with one attached hydrogen (secondary N) is 2. The molecule has 7 nitrogen and oxygen atoms in total. The first-order valence-corrected chi connectivity index (χ1v) is 11.9. The van der Waals surface area contributed by atoms with Crippen molar-refractivity contribution in [3.8, 4) is 16.2 Å². The van der Waals surface area contributed by atoms with Crippen LogP contribution in [-0.2, 0) is 4.79 Å². The minimum absolute atomic E-state index is 0.0226. The van der Waals surface area contributed by atoms with Crippen molar-refractivity contribution in [3.63, 3.8) is 0 Å². The van der Waals surface area contributed by atoms with Crippen molar-refractivity contribution in [1.29, 1.82) is 0 Å². The lowest BCUT2D eigenvalue weighted by Crippen LogP contribution is -2.39. The zero-order valence-corrected chi connectivity index (χ0v) is 20.7. The highest BCUT2D eigenvalue weighted by atomic mass is 35.5. The summed E-state index contributed by atoms with van der Waals surface area (Å²) in [4.78, 5) is 41.6. The summed E-state index contributed by atoms with van der Waals surface area (Å²) in [6.45, 7) is 8.44. The molecule has 2 aromatic heterocycles. The number of aromatic amines is 1. The number of H-pyrrole nitrogens is 1. The summed E-state index contributed by atoms with van der Waals surface area (Å²) in [5, 5.41) is 3.00. The van der Waals surface area contributed by atoms with Gasteiger partial charge in [0.05, 0.1) is 23.7 Å². The van der Waals surface area contributed by atoms with Crippen LogP contribution in [0.2, 0.25) is 5.02 Å². The molecule has 0 aliphatic carbocycles. The van der Waals surface area contributed by atoms with Crippen molar-refractivity contribution in [2.75, 3.05) is 13.7 Å². The number of carbonyl (C=O) groups excluding carboxylic acids is 1. The van der Waals surface area contributed by atoms with Crippen LogP contribution in [0.15, 0.2) is 27.8 Å². The van der Waals surface area contributed by atoms with Gasteiger partial charge in [-0.1, -0.05) is 39.3 Å². The molecule has 4 rings (SSSR count). The topological polar surface area (TPSA) is 93.2 Å². The zero-order valence-electron chi connectivity index (χ0n) is 19.2. The standard InChI is InChI=1S/C21H21ClFN3O4S.C2H6/c1-21(2)8-10(4-17(27)24-9-21)26-19(28)18-14(25-20(26)29)7-16(31-18)11-5-15(30-3)13(23)6-12(11)22;1-2/h5-7,10H,4,8-9H2,1-3H3,(H,24,27)(H,25,29);1-2H3. The monoisotopic (exact) mass is 495 g/mol. The molecule has 10 heteroatoms. The average Bonchev–Trinajstić information content (AvgIpc) is 3.11. The fourth-order valence-corrected chi connectivity index (χ4v) is 5.34. The van der Waals surface area contributed by atoms with Gasteiger partial charge in [0, 0.05) is 23.4 Å². The maximum absolute atomic E-state index is 13.9. The second-order valence-corrected chi connectivity index (χ2v) is 9.89. The number of hydrogen-bond donors (Lipinski definition) is 2. The molecule has 2 N–H and O–H groups in total. The molecule has 1 amide bonds. The molecule has 3 heterocycles. The summed E-state index contributed by atoms with van der Waals surface area (Å²) < 4.78 is 20.4. The van der Waals surface area contributed by atoms with E-state index >= 15 is 0 Å². The number of methoxy groups -OCH3 is 1. The first kappa shape index (κ1) is 25.0. The summed E-state index contributed by atoms with van der Waals surface area (Å²) in [5.41, 5.74) is -0.446. The highest BCUT2D eigenvalue weighted by Gasteiger charge is 2.32. The van der Waals surface area contributed by atoms with Gasteiger partial charge in [-0.2, -0.15) is 0 Å². The van der Waals surface area contributed by atoms with Crippen LogP contribution >= 0.6 is 22.9 Å². The Kier molecular flexibility index (Phi) is 7.33. The molecule has 1 aliphatic heterocycles. The van der Waals surface area contributed by atoms with Crippen molar-refractivity contribution in [2.24, 2.45) is 5.41 Å². The molecule has 1 fully saturated rings. The number of carbonyl (C=O) groups is 1. The highest BCUT2D eigenvalue weighted by Crippen LogP contribution is 2.38. The van der Waals surface area contributed by atoms with Gasteiger partial charge >= 0.3 is 5.69 Å². The molecule has 1 atom stereocenters. The SMILES string of the molecule is CC.COc1cc(-c2cc3[nH]c(=O)n(C4CC(=O)NCC(C)(C)C4)c(=O)c3s2)c(Cl)cc1F. The molecule has 3 aromatic rings. The van der Waals surface area contributed by atoms with Crippen molar-refractivity contribution < 1.29 is 13.9 Å². The predicted molar refractivity (Wildman–Crippen MR) is 130 cm³/mol. The lowest BCUT2D eigenvalue weighted by Gasteiger charge is -2.26. The Bertz CT molecular complexity index is 1310. The molecule has 0 saturated carbocycles. The Morgan fingerprint density at radius 3 is 2.58 bits per heavy atom. The van der Waals surface area contributed by atoms with Gasteiger partial charge in [0.2, 0.25) is 5.91 Å². The molecule has 0 bridgehead atoms. The predicted octanol–water partition coefficient (Wildman–Crippen LogP) is 4.72. The summed E-state index contributed by atoms with van der Waals surface area (Å²) in [5.74, 6) is -0.768. The number of thiophene rings is 1. The summed E-state index contributed by atoms with van der Waals surface area (Å²) in [6, 6.07) is 3.68. The second kappa shape index (κ2) is 9.69. The zero-order chi connectivity index (χ0) is 24.5. The van der Waals surface area contributed by atoms with Crippen molar-refractivity contribution in [2.45, 2.75) is 46.6 Å². The number of nitrogens with zero attached hydrogens (tertiary/aromatic N) is 1. The van der Waals surface area contributed by atoms with Crippen molar-refractivity contribution in [3.05, 3.63) is 49.9 Å². The molecule has 1 unspecified atom stereocenters. The molecule has 1 aliphatic rings. The Labute approximate surface area is 199 Å². The molecule has 178 valence electrons. The fraction of sp³-hybridized carbons (Fsp3) is 0.435. The van der Waals surface area contributed by atoms with E-state index in [1.54, 1.807) is 6.07 Å². The molecule has 0 spiro atoms. The third-order valence-corrected chi connectivity index (χ3v) is 6.92. The molecule has 1 aromatic carbocycles. The molecular weight excluding hydrogens is 469 g/mol. The Morgan fingerprint density at radius 1 is 1.21 bits per heavy atom. The molecule has 0 radical (unpaired) electrons. The molecule has 33 heavy (non-hydrogen) atoms. The van der Waals surface area contributed by atoms with E-state index in [1.165, 1.54) is 13.2 Å². The number of benzene rings is 1. The Hall–Kier alpha value is -2.65. The Morgan fingerprint density at radius 2 is 1.91 bits per heavy atom. The quantitative estimate of drug-likeness (QED) is 0.549. The van der Waals surface area contributed by atoms with Crippen LogP contribution in [0, 0.1) is 11.2 Å². The van der Waals surface area contributed by atoms with Crippen LogP contribution in [0.3, 0.4) is 0 Å². The van der Waals surface area contributed by atoms with Gasteiger partial charge in [0.15, 0.2) is 11.6 Å². The number of aromatic nitrogens is 2. The highest BCUT2D eigenvalue weighted by molar-refractivity contribution is 7.22. The van der Waals surface area contributed by atoms with E-state index in [4.69, 9.17) is 16.3 Å². The maximum atomic E-state index is 13.9. The molecular formula is C23H27ClFN3O4S. The van der Waals surface area contributed by atoms with Gasteiger partial charge in [0.25, 0.3) is 5.56 Å². The van der Waals surface area contributed by atoms with Gasteiger partial charge in [-0.15, -0.1) is 11.3 Å². The van der Waals surface area contributed by atoms with Crippen LogP contribution in [0.5, 0.6) is 5.75 Å². The van der Waals surface area contributed by atoms with E-state index in [2.05, 4.69) is 10.3 Å². The second-order valence-electron chi connectivity index (χ2n) is 8.43. The fourth-order valence-electron chi connectivity index (χ4n) is 3.95. The summed E-state index contributed by atoms with van der Waals surface area (Å²) >= 11 is 7.36. The number of rotatable bonds is 3. The van der Waals surface area contributed by atoms with E-state index in [0.29, 0.717) is 33.6 Å². The number of halogens is 2. The Balaban J connectivity index is 0.00000149. The van der Waals surface area contributed by atoms with E-state index in [1.807, 2.05) is 27.7 Å². The summed E-state index contributed by atoms with van der Waals surface area (Å²) in [6.07, 6.45) is 0.552. The van der Waals surface area contributed by atoms with Crippen LogP contribution in [-0.4, -0.2) is 29.1 Å². The number of amides is 1. The van der Waals surface area contributed by atoms with Gasteiger partial charge in [-0.3, -0.25) is 14.2 Å². The van der Waals surface area contributed by atoms with Crippen LogP contribution < -0.4 is 21.3 Å². The minimum Gasteiger partial charge on any atom is -0.494 e. The normalized spacial score (nSPS) is 17.7. The third-order valence-electron chi connectivity index (χ3n) is 5.45. The van der Waals surface area contributed by atoms with Gasteiger partial charge in [-0.25, -0.2) is 9.18 Å². The van der Waals surface area contributed by atoms with E-state index in [9.17, 15) is 18.8 Å². The van der Waals surface area contributed by atoms with Crippen molar-refractivity contribution in [1.82, 2.24) is 14.9 Å². The van der Waals surface area contributed by atoms with Gasteiger partial charge in [-0.05, 0) is 30.0 Å². The van der Waals surface area contributed by atoms with Crippen LogP contribution in [0.1, 0.15) is 46.6 Å².